The molecule has 327 valence electrons. The van der Waals surface area contributed by atoms with E-state index in [1.165, 1.54) is 54.5 Å². The third-order valence-electron chi connectivity index (χ3n) is 12.8. The molecule has 65 heavy (non-hydrogen) atoms. The summed E-state index contributed by atoms with van der Waals surface area (Å²) in [6.45, 7) is 9.25. The van der Waals surface area contributed by atoms with Gasteiger partial charge in [0.05, 0.1) is 16.9 Å². The molecule has 0 fully saturated rings. The van der Waals surface area contributed by atoms with E-state index in [2.05, 4.69) is 232 Å². The summed E-state index contributed by atoms with van der Waals surface area (Å²) in [6, 6.07) is 67.3. The van der Waals surface area contributed by atoms with E-state index in [1.807, 2.05) is 6.07 Å². The van der Waals surface area contributed by atoms with Crippen LogP contribution in [-0.2, 0) is 31.9 Å². The zero-order valence-corrected chi connectivity index (χ0v) is 43.1. The van der Waals surface area contributed by atoms with Gasteiger partial charge in [-0.1, -0.05) is 105 Å². The number of pyridine rings is 1. The molecule has 2 aromatic heterocycles. The summed E-state index contributed by atoms with van der Waals surface area (Å²) in [5.74, 6) is 8.91. The summed E-state index contributed by atoms with van der Waals surface area (Å²) < 4.78 is 3.80. The van der Waals surface area contributed by atoms with Gasteiger partial charge in [-0.05, 0) is 58.4 Å². The molecule has 1 aliphatic carbocycles. The summed E-state index contributed by atoms with van der Waals surface area (Å²) in [6.07, 6.45) is 5.53. The molecule has 0 spiro atoms. The predicted octanol–water partition coefficient (Wildman–Crippen LogP) is 15.2. The summed E-state index contributed by atoms with van der Waals surface area (Å²) in [5.41, 5.74) is 18.1. The molecule has 9 aromatic rings. The van der Waals surface area contributed by atoms with Crippen molar-refractivity contribution in [2.75, 3.05) is 0 Å². The number of fused-ring (bicyclic) bond motifs is 4. The maximum Gasteiger partial charge on any atom is 0.0774 e. The van der Waals surface area contributed by atoms with Crippen LogP contribution in [0.1, 0.15) is 57.2 Å². The Hall–Kier alpha value is -5.65. The van der Waals surface area contributed by atoms with Crippen LogP contribution in [0.5, 0.6) is 0 Å². The summed E-state index contributed by atoms with van der Waals surface area (Å²) in [5, 5.41) is 0. The third-order valence-corrected chi connectivity index (χ3v) is 17.1. The SMILES string of the molecule is CC(C)Cc1cc(-c2[c-]ccc(-c3ccccc3)c2)nc[c]1[Ge]([CH3])([CH3])[CH3].CCCC1(C)c2c[c-]c(-c3nc4ccccc4n3-c3ccc(-c4ccccc4)cc3)cc2-c2ccccc21.[Ir]. The molecule has 2 heterocycles. The van der Waals surface area contributed by atoms with Crippen LogP contribution in [0.15, 0.2) is 176 Å². The van der Waals surface area contributed by atoms with E-state index < -0.39 is 13.3 Å². The smallest absolute Gasteiger partial charge is 0.0774 e. The minimum absolute atomic E-state index is 0. The Morgan fingerprint density at radius 2 is 1.29 bits per heavy atom. The Balaban J connectivity index is 0.000000188. The minimum atomic E-state index is -1.93. The number of aromatic nitrogens is 3. The van der Waals surface area contributed by atoms with Crippen LogP contribution in [0.3, 0.4) is 0 Å². The van der Waals surface area contributed by atoms with E-state index in [0.717, 1.165) is 58.6 Å². The first-order chi connectivity index (χ1) is 31.0. The molecule has 1 atom stereocenters. The van der Waals surface area contributed by atoms with Crippen molar-refractivity contribution in [3.63, 3.8) is 0 Å². The largest absolute Gasteiger partial charge is 0.333 e. The average molecular weight is 1080 g/mol. The Bertz CT molecular complexity index is 3060. The first-order valence-corrected chi connectivity index (χ1v) is 30.2. The topological polar surface area (TPSA) is 30.7 Å². The van der Waals surface area contributed by atoms with Crippen LogP contribution >= 0.6 is 0 Å². The summed E-state index contributed by atoms with van der Waals surface area (Å²) in [7, 11) is 0. The van der Waals surface area contributed by atoms with E-state index in [-0.39, 0.29) is 25.5 Å². The van der Waals surface area contributed by atoms with Gasteiger partial charge in [0.25, 0.3) is 0 Å². The Kier molecular flexibility index (Phi) is 13.7. The molecule has 0 amide bonds. The van der Waals surface area contributed by atoms with Crippen LogP contribution in [0.2, 0.25) is 17.3 Å². The number of imidazole rings is 1. The number of hydrogen-bond acceptors (Lipinski definition) is 2. The van der Waals surface area contributed by atoms with Crippen molar-refractivity contribution in [2.45, 2.75) is 69.6 Å². The van der Waals surface area contributed by atoms with E-state index in [1.54, 1.807) is 0 Å². The predicted molar refractivity (Wildman–Crippen MR) is 273 cm³/mol. The van der Waals surface area contributed by atoms with Crippen LogP contribution in [0, 0.1) is 18.1 Å². The van der Waals surface area contributed by atoms with Crippen LogP contribution < -0.4 is 4.40 Å². The van der Waals surface area contributed by atoms with Crippen molar-refractivity contribution in [2.24, 2.45) is 5.92 Å². The van der Waals surface area contributed by atoms with E-state index in [4.69, 9.17) is 9.97 Å². The Labute approximate surface area is 402 Å². The Morgan fingerprint density at radius 1 is 0.646 bits per heavy atom. The zero-order valence-electron chi connectivity index (χ0n) is 38.6. The first-order valence-electron chi connectivity index (χ1n) is 22.9. The second kappa shape index (κ2) is 19.4. The van der Waals surface area contributed by atoms with E-state index in [0.29, 0.717) is 5.92 Å². The standard InChI is InChI=1S/C36H29N2.C24H28GeN.Ir/c1-3-23-36(2)31-14-8-7-13-29(31)30-24-27(19-22-32(30)36)35-37-33-15-9-10-16-34(33)38(35)28-20-17-26(18-21-28)25-11-5-4-6-12-25;1-18(2)14-22-16-24(26-17-23(22)25(3,4)5)21-13-9-12-20(15-21)19-10-7-6-8-11-19;/h4-18,20-22,24H,3,23H2,1-2H3;6-12,15-18H,14H2,1-5H3;/q2*-1;. The zero-order chi connectivity index (χ0) is 44.4. The fraction of sp³-hybridized carbons (Fsp3) is 0.200. The molecule has 0 aliphatic heterocycles. The molecule has 10 rings (SSSR count). The van der Waals surface area contributed by atoms with Gasteiger partial charge in [0.2, 0.25) is 0 Å². The van der Waals surface area contributed by atoms with Gasteiger partial charge >= 0.3 is 161 Å². The first kappa shape index (κ1) is 45.9. The van der Waals surface area contributed by atoms with Gasteiger partial charge in [-0.25, -0.2) is 0 Å². The van der Waals surface area contributed by atoms with Gasteiger partial charge in [-0.3, -0.25) is 4.98 Å². The van der Waals surface area contributed by atoms with Gasteiger partial charge in [0, 0.05) is 25.8 Å². The van der Waals surface area contributed by atoms with Gasteiger partial charge in [-0.2, -0.15) is 0 Å². The number of rotatable bonds is 10. The number of benzene rings is 7. The molecular formula is C60H57GeIrN3-2. The van der Waals surface area contributed by atoms with Gasteiger partial charge in [0.15, 0.2) is 0 Å². The number of nitrogens with zero attached hydrogens (tertiary/aromatic N) is 3. The maximum atomic E-state index is 5.13. The molecule has 0 saturated heterocycles. The summed E-state index contributed by atoms with van der Waals surface area (Å²) in [4.78, 5) is 9.96. The van der Waals surface area contributed by atoms with Crippen LogP contribution in [-0.4, -0.2) is 27.8 Å². The molecule has 7 aromatic carbocycles. The average Bonchev–Trinajstić information content (AvgIpc) is 3.82. The van der Waals surface area contributed by atoms with Crippen molar-refractivity contribution < 1.29 is 20.1 Å². The molecule has 1 aliphatic rings. The van der Waals surface area contributed by atoms with Crippen LogP contribution in [0.25, 0.3) is 72.7 Å². The normalized spacial score (nSPS) is 14.0. The van der Waals surface area contributed by atoms with E-state index in [9.17, 15) is 0 Å². The Morgan fingerprint density at radius 3 is 1.98 bits per heavy atom. The molecule has 5 heteroatoms. The number of para-hydroxylation sites is 2. The molecule has 3 nitrogen and oxygen atoms in total. The fourth-order valence-corrected chi connectivity index (χ4v) is 13.0. The molecule has 0 saturated carbocycles. The van der Waals surface area contributed by atoms with Crippen molar-refractivity contribution in [1.29, 1.82) is 0 Å². The van der Waals surface area contributed by atoms with Gasteiger partial charge in [-0.15, -0.1) is 29.3 Å². The van der Waals surface area contributed by atoms with Crippen molar-refractivity contribution in [3.8, 4) is 61.7 Å². The van der Waals surface area contributed by atoms with Gasteiger partial charge < -0.3 is 4.57 Å². The second-order valence-corrected chi connectivity index (χ2v) is 29.5. The van der Waals surface area contributed by atoms with E-state index >= 15 is 0 Å². The molecule has 1 radical (unpaired) electrons. The maximum absolute atomic E-state index is 5.13. The summed E-state index contributed by atoms with van der Waals surface area (Å²) >= 11 is -1.93. The molecular weight excluding hydrogens is 1030 g/mol. The van der Waals surface area contributed by atoms with Crippen molar-refractivity contribution >= 4 is 28.7 Å². The third kappa shape index (κ3) is 9.41. The molecule has 0 N–H and O–H groups in total. The second-order valence-electron chi connectivity index (χ2n) is 18.9. The quantitative estimate of drug-likeness (QED) is 0.101. The fourth-order valence-electron chi connectivity index (χ4n) is 9.67. The van der Waals surface area contributed by atoms with Crippen molar-refractivity contribution in [1.82, 2.24) is 14.5 Å². The molecule has 1 unspecified atom stereocenters. The van der Waals surface area contributed by atoms with Gasteiger partial charge in [0.1, 0.15) is 0 Å². The minimum Gasteiger partial charge on any atom is -0.333 e. The molecule has 0 bridgehead atoms. The number of hydrogen-bond donors (Lipinski definition) is 0. The monoisotopic (exact) mass is 1090 g/mol. The van der Waals surface area contributed by atoms with Crippen LogP contribution in [0.4, 0.5) is 0 Å². The van der Waals surface area contributed by atoms with Crippen molar-refractivity contribution in [3.05, 3.63) is 205 Å².